The van der Waals surface area contributed by atoms with Gasteiger partial charge in [-0.25, -0.2) is 0 Å². The lowest BCUT2D eigenvalue weighted by Gasteiger charge is -2.25. The molecule has 0 rings (SSSR count). The summed E-state index contributed by atoms with van der Waals surface area (Å²) in [6, 6.07) is 0. The van der Waals surface area contributed by atoms with Gasteiger partial charge in [0.2, 0.25) is 0 Å². The average Bonchev–Trinajstić information content (AvgIpc) is 1.64. The minimum atomic E-state index is -0.840. The summed E-state index contributed by atoms with van der Waals surface area (Å²) >= 11 is 0. The number of hydrogen-bond acceptors (Lipinski definition) is 2. The zero-order valence-electron chi connectivity index (χ0n) is 8.45. The summed E-state index contributed by atoms with van der Waals surface area (Å²) in [6.45, 7) is 7.08. The first-order chi connectivity index (χ1) is 4.36. The van der Waals surface area contributed by atoms with E-state index in [1.165, 1.54) is 31.2 Å². The molecule has 2 nitrogen and oxygen atoms in total. The van der Waals surface area contributed by atoms with E-state index in [-0.39, 0.29) is 0 Å². The predicted octanol–water partition coefficient (Wildman–Crippen LogP) is -2.83. The quantitative estimate of drug-likeness (QED) is 0.470. The molecule has 0 aromatic carbocycles. The van der Waals surface area contributed by atoms with Gasteiger partial charge in [0.1, 0.15) is 8.24 Å². The first-order valence-corrected chi connectivity index (χ1v) is 9.96. The van der Waals surface area contributed by atoms with E-state index >= 15 is 0 Å². The molecule has 0 aliphatic heterocycles. The smallest absolute Gasteiger partial charge is 0.111 e. The summed E-state index contributed by atoms with van der Waals surface area (Å²) in [5.41, 5.74) is 0. The number of rotatable bonds is 1. The van der Waals surface area contributed by atoms with Crippen molar-refractivity contribution in [3.8, 4) is 0 Å². The maximum atomic E-state index is 3.03. The molecule has 0 aromatic heterocycles. The predicted molar refractivity (Wildman–Crippen MR) is 64.1 cm³/mol. The Morgan fingerprint density at radius 2 is 1.30 bits per heavy atom. The van der Waals surface area contributed by atoms with Gasteiger partial charge in [0.05, 0.1) is 31.2 Å². The van der Waals surface area contributed by atoms with Gasteiger partial charge in [-0.2, -0.15) is 0 Å². The largest absolute Gasteiger partial charge is 0.374 e. The maximum absolute atomic E-state index is 3.03. The van der Waals surface area contributed by atoms with Crippen LogP contribution >= 0.6 is 0 Å². The highest BCUT2D eigenvalue weighted by Gasteiger charge is 2.13. The van der Waals surface area contributed by atoms with Gasteiger partial charge < -0.3 is 8.88 Å². The minimum Gasteiger partial charge on any atom is -0.374 e. The summed E-state index contributed by atoms with van der Waals surface area (Å²) in [5, 5.41) is 0. The summed E-state index contributed by atoms with van der Waals surface area (Å²) in [7, 11) is 4.95. The second kappa shape index (κ2) is 6.49. The Morgan fingerprint density at radius 1 is 1.20 bits per heavy atom. The van der Waals surface area contributed by atoms with Crippen LogP contribution in [0.4, 0.5) is 0 Å². The van der Waals surface area contributed by atoms with Crippen molar-refractivity contribution in [2.45, 2.75) is 19.6 Å². The van der Waals surface area contributed by atoms with Crippen molar-refractivity contribution in [3.63, 3.8) is 0 Å². The minimum absolute atomic E-state index is 0.840. The van der Waals surface area contributed by atoms with Crippen LogP contribution in [0, 0.1) is 0 Å². The molecule has 0 unspecified atom stereocenters. The zero-order chi connectivity index (χ0) is 8.78. The molecule has 0 aliphatic rings. The molecule has 0 heterocycles. The lowest BCUT2D eigenvalue weighted by atomic mass is 11.6. The highest BCUT2D eigenvalue weighted by Crippen LogP contribution is 2.00. The van der Waals surface area contributed by atoms with E-state index in [0.29, 0.717) is 0 Å². The van der Waals surface area contributed by atoms with Crippen LogP contribution in [0.5, 0.6) is 0 Å². The van der Waals surface area contributed by atoms with Crippen LogP contribution in [-0.4, -0.2) is 50.7 Å². The molecule has 0 fully saturated rings. The molecule has 0 aromatic rings. The van der Waals surface area contributed by atoms with E-state index in [2.05, 4.69) is 35.6 Å². The molecule has 0 aliphatic carbocycles. The second-order valence-electron chi connectivity index (χ2n) is 3.57. The first kappa shape index (κ1) is 13.4. The number of hydrogen-bond donors (Lipinski definition) is 1. The van der Waals surface area contributed by atoms with Crippen LogP contribution in [0.2, 0.25) is 19.6 Å². The van der Waals surface area contributed by atoms with Crippen molar-refractivity contribution in [1.82, 2.24) is 8.88 Å². The molecule has 6 heteroatoms. The van der Waals surface area contributed by atoms with Gasteiger partial charge in [0.25, 0.3) is 0 Å². The van der Waals surface area contributed by atoms with E-state index < -0.39 is 8.24 Å². The van der Waals surface area contributed by atoms with Crippen LogP contribution in [0.1, 0.15) is 0 Å². The average molecular weight is 211 g/mol. The van der Waals surface area contributed by atoms with Gasteiger partial charge in [-0.1, -0.05) is 19.6 Å². The fourth-order valence-electron chi connectivity index (χ4n) is 0. The van der Waals surface area contributed by atoms with Gasteiger partial charge in [-0.15, -0.1) is 0 Å². The number of nitrogens with one attached hydrogen (secondary N) is 1. The molecule has 0 atom stereocenters. The lowest BCUT2D eigenvalue weighted by molar-refractivity contribution is 0.820. The third-order valence-electron chi connectivity index (χ3n) is 1.34. The van der Waals surface area contributed by atoms with Crippen LogP contribution in [0.15, 0.2) is 0 Å². The summed E-state index contributed by atoms with van der Waals surface area (Å²) < 4.78 is 5.49. The molecular weight excluding hydrogens is 188 g/mol. The van der Waals surface area contributed by atoms with Gasteiger partial charge in [0, 0.05) is 0 Å². The SMILES string of the molecule is CN([SiH3])[Si](C)(C)C.[SiH3]N[SiH3]. The Bertz CT molecular complexity index is 70.1. The van der Waals surface area contributed by atoms with Crippen molar-refractivity contribution in [1.29, 1.82) is 0 Å². The lowest BCUT2D eigenvalue weighted by Crippen LogP contribution is -2.40. The van der Waals surface area contributed by atoms with Crippen LogP contribution in [0.25, 0.3) is 0 Å². The Kier molecular flexibility index (Phi) is 8.69. The molecule has 0 saturated carbocycles. The molecule has 1 N–H and O–H groups in total. The third-order valence-corrected chi connectivity index (χ3v) is 8.05. The third kappa shape index (κ3) is 11.6. The second-order valence-corrected chi connectivity index (χ2v) is 15.0. The topological polar surface area (TPSA) is 15.3 Å². The highest BCUT2D eigenvalue weighted by atomic mass is 28.4. The van der Waals surface area contributed by atoms with Crippen molar-refractivity contribution >= 4 is 39.4 Å². The Hall–Kier alpha value is 0.788. The fraction of sp³-hybridized carbons (Fsp3) is 1.00. The van der Waals surface area contributed by atoms with Crippen LogP contribution in [0.3, 0.4) is 0 Å². The van der Waals surface area contributed by atoms with Crippen molar-refractivity contribution in [2.75, 3.05) is 7.05 Å². The Morgan fingerprint density at radius 3 is 1.30 bits per heavy atom. The van der Waals surface area contributed by atoms with Gasteiger partial charge >= 0.3 is 0 Å². The van der Waals surface area contributed by atoms with E-state index in [4.69, 9.17) is 0 Å². The summed E-state index contributed by atoms with van der Waals surface area (Å²) in [6.07, 6.45) is 0. The van der Waals surface area contributed by atoms with E-state index in [1.807, 2.05) is 0 Å². The van der Waals surface area contributed by atoms with Crippen molar-refractivity contribution in [3.05, 3.63) is 0 Å². The monoisotopic (exact) mass is 210 g/mol. The highest BCUT2D eigenvalue weighted by molar-refractivity contribution is 6.76. The van der Waals surface area contributed by atoms with Gasteiger partial charge in [-0.3, -0.25) is 0 Å². The van der Waals surface area contributed by atoms with Crippen LogP contribution < -0.4 is 4.65 Å². The maximum Gasteiger partial charge on any atom is 0.111 e. The molecule has 0 saturated heterocycles. The molecule has 64 valence electrons. The normalized spacial score (nSPS) is 11.7. The van der Waals surface area contributed by atoms with Gasteiger partial charge in [0.15, 0.2) is 0 Å². The first-order valence-electron chi connectivity index (χ1n) is 3.62. The molecule has 0 radical (unpaired) electrons. The van der Waals surface area contributed by atoms with Crippen LogP contribution in [-0.2, 0) is 0 Å². The van der Waals surface area contributed by atoms with E-state index in [0.717, 1.165) is 0 Å². The van der Waals surface area contributed by atoms with Crippen molar-refractivity contribution < 1.29 is 0 Å². The van der Waals surface area contributed by atoms with E-state index in [1.54, 1.807) is 0 Å². The van der Waals surface area contributed by atoms with Crippen molar-refractivity contribution in [2.24, 2.45) is 0 Å². The molecular formula is C4H22N2Si4. The summed E-state index contributed by atoms with van der Waals surface area (Å²) in [4.78, 5) is 0. The number of nitrogens with zero attached hydrogens (tertiary/aromatic N) is 1. The fourth-order valence-corrected chi connectivity index (χ4v) is 0. The Labute approximate surface area is 75.4 Å². The molecule has 10 heavy (non-hydrogen) atoms. The molecule has 0 amide bonds. The molecule has 0 bridgehead atoms. The Balaban J connectivity index is 0. The molecule has 0 spiro atoms. The zero-order valence-corrected chi connectivity index (χ0v) is 15.4. The summed E-state index contributed by atoms with van der Waals surface area (Å²) in [5.74, 6) is 0. The van der Waals surface area contributed by atoms with Gasteiger partial charge in [-0.05, 0) is 7.05 Å². The standard InChI is InChI=1S/C4H15NSi2.H7NSi2/c1-5(6)7(2,3)4;2-1-3/h1-4,6H3;1H,2-3H3. The van der Waals surface area contributed by atoms with E-state index in [9.17, 15) is 0 Å².